The van der Waals surface area contributed by atoms with Crippen molar-refractivity contribution in [3.63, 3.8) is 0 Å². The van der Waals surface area contributed by atoms with E-state index in [1.54, 1.807) is 0 Å². The average molecular weight is 270 g/mol. The van der Waals surface area contributed by atoms with Gasteiger partial charge >= 0.3 is 0 Å². The zero-order valence-corrected chi connectivity index (χ0v) is 12.5. The Labute approximate surface area is 116 Å². The third-order valence-electron chi connectivity index (χ3n) is 3.18. The fourth-order valence-corrected chi connectivity index (χ4v) is 2.41. The van der Waals surface area contributed by atoms with Crippen molar-refractivity contribution in [3.05, 3.63) is 28.8 Å². The molecule has 0 aliphatic heterocycles. The van der Waals surface area contributed by atoms with E-state index in [-0.39, 0.29) is 0 Å². The summed E-state index contributed by atoms with van der Waals surface area (Å²) < 4.78 is 0. The number of anilines is 1. The number of benzene rings is 1. The highest BCUT2D eigenvalue weighted by molar-refractivity contribution is 6.31. The Kier molecular flexibility index (Phi) is 5.93. The van der Waals surface area contributed by atoms with E-state index >= 15 is 0 Å². The first kappa shape index (κ1) is 15.3. The molecule has 0 aliphatic carbocycles. The average Bonchev–Trinajstić information content (AvgIpc) is 2.27. The first-order chi connectivity index (χ1) is 8.45. The Hall–Kier alpha value is -0.770. The smallest absolute Gasteiger partial charge is 0.0471 e. The lowest BCUT2D eigenvalue weighted by Gasteiger charge is -2.30. The Bertz CT molecular complexity index is 359. The van der Waals surface area contributed by atoms with E-state index in [0.29, 0.717) is 6.04 Å². The summed E-state index contributed by atoms with van der Waals surface area (Å²) in [6.45, 7) is 7.21. The van der Waals surface area contributed by atoms with Crippen molar-refractivity contribution in [1.29, 1.82) is 0 Å². The topological polar surface area (TPSA) is 32.5 Å². The highest BCUT2D eigenvalue weighted by Gasteiger charge is 2.15. The quantitative estimate of drug-likeness (QED) is 0.806. The fourth-order valence-electron chi connectivity index (χ4n) is 2.17. The third kappa shape index (κ3) is 4.16. The summed E-state index contributed by atoms with van der Waals surface area (Å²) in [5.74, 6) is 0. The molecule has 1 aromatic rings. The van der Waals surface area contributed by atoms with Crippen LogP contribution < -0.4 is 5.73 Å². The van der Waals surface area contributed by atoms with Crippen molar-refractivity contribution in [2.24, 2.45) is 0 Å². The van der Waals surface area contributed by atoms with Crippen LogP contribution in [0.2, 0.25) is 5.02 Å². The summed E-state index contributed by atoms with van der Waals surface area (Å²) in [7, 11) is 4.18. The molecule has 0 spiro atoms. The van der Waals surface area contributed by atoms with Crippen molar-refractivity contribution in [1.82, 2.24) is 9.80 Å². The molecule has 0 radical (unpaired) electrons. The molecule has 0 aliphatic rings. The second-order valence-corrected chi connectivity index (χ2v) is 5.39. The van der Waals surface area contributed by atoms with Crippen LogP contribution in [0.25, 0.3) is 0 Å². The summed E-state index contributed by atoms with van der Waals surface area (Å²) in [6.07, 6.45) is 0. The van der Waals surface area contributed by atoms with Gasteiger partial charge < -0.3 is 10.6 Å². The second kappa shape index (κ2) is 6.98. The van der Waals surface area contributed by atoms with Crippen LogP contribution in [-0.2, 0) is 6.54 Å². The van der Waals surface area contributed by atoms with E-state index in [1.165, 1.54) is 0 Å². The minimum Gasteiger partial charge on any atom is -0.398 e. The molecule has 1 rings (SSSR count). The molecule has 4 heteroatoms. The zero-order chi connectivity index (χ0) is 13.7. The Balaban J connectivity index is 2.79. The Morgan fingerprint density at radius 2 is 2.00 bits per heavy atom. The van der Waals surface area contributed by atoms with Gasteiger partial charge in [-0.15, -0.1) is 0 Å². The number of nitrogen functional groups attached to an aromatic ring is 1. The van der Waals surface area contributed by atoms with Crippen molar-refractivity contribution in [2.75, 3.05) is 32.9 Å². The molecule has 1 atom stereocenters. The summed E-state index contributed by atoms with van der Waals surface area (Å²) >= 11 is 6.22. The minimum atomic E-state index is 0.473. The maximum atomic E-state index is 6.22. The lowest BCUT2D eigenvalue weighted by Crippen LogP contribution is -2.39. The molecule has 1 aromatic carbocycles. The molecule has 0 aromatic heterocycles. The standard InChI is InChI=1S/C14H24ClN3/c1-5-18(11(2)9-17(3)4)10-12-13(15)7-6-8-14(12)16/h6-8,11H,5,9-10,16H2,1-4H3. The number of rotatable bonds is 6. The Morgan fingerprint density at radius 1 is 1.33 bits per heavy atom. The van der Waals surface area contributed by atoms with Crippen molar-refractivity contribution >= 4 is 17.3 Å². The van der Waals surface area contributed by atoms with Crippen LogP contribution in [0.3, 0.4) is 0 Å². The SMILES string of the molecule is CCN(Cc1c(N)cccc1Cl)C(C)CN(C)C. The summed E-state index contributed by atoms with van der Waals surface area (Å²) in [5.41, 5.74) is 7.81. The highest BCUT2D eigenvalue weighted by atomic mass is 35.5. The van der Waals surface area contributed by atoms with Crippen molar-refractivity contribution < 1.29 is 0 Å². The normalized spacial score (nSPS) is 13.3. The maximum Gasteiger partial charge on any atom is 0.0471 e. The van der Waals surface area contributed by atoms with Crippen LogP contribution in [0.5, 0.6) is 0 Å². The molecule has 18 heavy (non-hydrogen) atoms. The number of likely N-dealkylation sites (N-methyl/N-ethyl adjacent to an activating group) is 2. The number of nitrogens with zero attached hydrogens (tertiary/aromatic N) is 2. The van der Waals surface area contributed by atoms with Gasteiger partial charge in [0.05, 0.1) is 0 Å². The predicted molar refractivity (Wildman–Crippen MR) is 80.0 cm³/mol. The molecule has 3 nitrogen and oxygen atoms in total. The van der Waals surface area contributed by atoms with E-state index in [9.17, 15) is 0 Å². The molecular formula is C14H24ClN3. The van der Waals surface area contributed by atoms with E-state index in [2.05, 4.69) is 37.7 Å². The molecule has 2 N–H and O–H groups in total. The summed E-state index contributed by atoms with van der Waals surface area (Å²) in [4.78, 5) is 4.58. The number of nitrogens with two attached hydrogens (primary N) is 1. The van der Waals surface area contributed by atoms with Gasteiger partial charge in [-0.1, -0.05) is 24.6 Å². The van der Waals surface area contributed by atoms with Crippen LogP contribution >= 0.6 is 11.6 Å². The summed E-state index contributed by atoms with van der Waals surface area (Å²) in [5, 5.41) is 0.755. The first-order valence-electron chi connectivity index (χ1n) is 6.37. The second-order valence-electron chi connectivity index (χ2n) is 4.98. The molecule has 0 saturated heterocycles. The molecule has 0 amide bonds. The predicted octanol–water partition coefficient (Wildman–Crippen LogP) is 2.69. The largest absolute Gasteiger partial charge is 0.398 e. The molecule has 102 valence electrons. The van der Waals surface area contributed by atoms with Crippen LogP contribution in [-0.4, -0.2) is 43.0 Å². The van der Waals surface area contributed by atoms with Crippen LogP contribution in [0.4, 0.5) is 5.69 Å². The monoisotopic (exact) mass is 269 g/mol. The van der Waals surface area contributed by atoms with Crippen LogP contribution in [0.1, 0.15) is 19.4 Å². The zero-order valence-electron chi connectivity index (χ0n) is 11.8. The van der Waals surface area contributed by atoms with Gasteiger partial charge in [0.1, 0.15) is 0 Å². The van der Waals surface area contributed by atoms with Crippen molar-refractivity contribution in [3.8, 4) is 0 Å². The molecule has 0 heterocycles. The van der Waals surface area contributed by atoms with Gasteiger partial charge in [0.25, 0.3) is 0 Å². The van der Waals surface area contributed by atoms with Crippen molar-refractivity contribution in [2.45, 2.75) is 26.4 Å². The van der Waals surface area contributed by atoms with Gasteiger partial charge in [0.15, 0.2) is 0 Å². The molecular weight excluding hydrogens is 246 g/mol. The lowest BCUT2D eigenvalue weighted by atomic mass is 10.1. The summed E-state index contributed by atoms with van der Waals surface area (Å²) in [6, 6.07) is 6.17. The number of hydrogen-bond acceptors (Lipinski definition) is 3. The van der Waals surface area contributed by atoms with Gasteiger partial charge in [0.2, 0.25) is 0 Å². The molecule has 0 saturated carbocycles. The fraction of sp³-hybridized carbons (Fsp3) is 0.571. The van der Waals surface area contributed by atoms with Gasteiger partial charge in [-0.05, 0) is 39.7 Å². The van der Waals surface area contributed by atoms with E-state index < -0.39 is 0 Å². The van der Waals surface area contributed by atoms with Gasteiger partial charge in [-0.3, -0.25) is 4.90 Å². The third-order valence-corrected chi connectivity index (χ3v) is 3.53. The van der Waals surface area contributed by atoms with Crippen LogP contribution in [0.15, 0.2) is 18.2 Å². The van der Waals surface area contributed by atoms with E-state index in [4.69, 9.17) is 17.3 Å². The van der Waals surface area contributed by atoms with E-state index in [1.807, 2.05) is 18.2 Å². The van der Waals surface area contributed by atoms with Crippen LogP contribution in [0, 0.1) is 0 Å². The van der Waals surface area contributed by atoms with Gasteiger partial charge in [0, 0.05) is 35.4 Å². The maximum absolute atomic E-state index is 6.22. The van der Waals surface area contributed by atoms with E-state index in [0.717, 1.165) is 35.9 Å². The highest BCUT2D eigenvalue weighted by Crippen LogP contribution is 2.24. The minimum absolute atomic E-state index is 0.473. The van der Waals surface area contributed by atoms with Gasteiger partial charge in [-0.25, -0.2) is 0 Å². The van der Waals surface area contributed by atoms with Gasteiger partial charge in [-0.2, -0.15) is 0 Å². The molecule has 0 fully saturated rings. The Morgan fingerprint density at radius 3 is 2.50 bits per heavy atom. The molecule has 1 unspecified atom stereocenters. The first-order valence-corrected chi connectivity index (χ1v) is 6.75. The molecule has 0 bridgehead atoms. The number of halogens is 1. The lowest BCUT2D eigenvalue weighted by molar-refractivity contribution is 0.174. The number of hydrogen-bond donors (Lipinski definition) is 1.